The Labute approximate surface area is 118 Å². The second-order valence-corrected chi connectivity index (χ2v) is 4.42. The maximum absolute atomic E-state index is 12.6. The monoisotopic (exact) mass is 298 g/mol. The van der Waals surface area contributed by atoms with E-state index in [9.17, 15) is 13.2 Å². The number of nitrogens with one attached hydrogen (secondary N) is 1. The van der Waals surface area contributed by atoms with Crippen molar-refractivity contribution >= 4 is 23.5 Å². The van der Waals surface area contributed by atoms with E-state index in [4.69, 9.17) is 5.73 Å². The minimum absolute atomic E-state index is 0.0248. The van der Waals surface area contributed by atoms with Crippen LogP contribution in [0.5, 0.6) is 0 Å². The van der Waals surface area contributed by atoms with E-state index in [0.717, 1.165) is 12.1 Å². The standard InChI is InChI=1S/C12H13F3N6/c1-21(2)11-19-9(16)18-10(20-11)17-8-5-3-4-7(6-8)12(13,14)15/h3-6H,1-2H3,(H3,16,17,18,19,20). The van der Waals surface area contributed by atoms with Crippen LogP contribution in [0.3, 0.4) is 0 Å². The van der Waals surface area contributed by atoms with Crippen LogP contribution in [-0.4, -0.2) is 29.0 Å². The molecule has 0 atom stereocenters. The van der Waals surface area contributed by atoms with Crippen LogP contribution in [0.2, 0.25) is 0 Å². The predicted octanol–water partition coefficient (Wildman–Crippen LogP) is 2.28. The molecule has 6 nitrogen and oxygen atoms in total. The van der Waals surface area contributed by atoms with Gasteiger partial charge in [-0.2, -0.15) is 28.1 Å². The lowest BCUT2D eigenvalue weighted by molar-refractivity contribution is -0.137. The molecule has 112 valence electrons. The third-order valence-corrected chi connectivity index (χ3v) is 2.49. The highest BCUT2D eigenvalue weighted by Gasteiger charge is 2.30. The summed E-state index contributed by atoms with van der Waals surface area (Å²) in [6.45, 7) is 0. The van der Waals surface area contributed by atoms with Gasteiger partial charge in [0.1, 0.15) is 0 Å². The summed E-state index contributed by atoms with van der Waals surface area (Å²) < 4.78 is 37.9. The Bertz CT molecular complexity index is 641. The quantitative estimate of drug-likeness (QED) is 0.905. The summed E-state index contributed by atoms with van der Waals surface area (Å²) in [4.78, 5) is 13.4. The second kappa shape index (κ2) is 5.43. The van der Waals surface area contributed by atoms with E-state index in [1.807, 2.05) is 0 Å². The van der Waals surface area contributed by atoms with Gasteiger partial charge in [-0.25, -0.2) is 0 Å². The molecular formula is C12H13F3N6. The molecule has 1 aromatic carbocycles. The topological polar surface area (TPSA) is 80.0 Å². The van der Waals surface area contributed by atoms with Crippen LogP contribution in [0.25, 0.3) is 0 Å². The lowest BCUT2D eigenvalue weighted by atomic mass is 10.2. The van der Waals surface area contributed by atoms with E-state index in [-0.39, 0.29) is 17.6 Å². The fourth-order valence-electron chi connectivity index (χ4n) is 1.54. The van der Waals surface area contributed by atoms with Crippen LogP contribution in [0, 0.1) is 0 Å². The lowest BCUT2D eigenvalue weighted by Crippen LogP contribution is -2.15. The number of hydrogen-bond donors (Lipinski definition) is 2. The van der Waals surface area contributed by atoms with Gasteiger partial charge in [-0.1, -0.05) is 6.07 Å². The lowest BCUT2D eigenvalue weighted by Gasteiger charge is -2.13. The van der Waals surface area contributed by atoms with Gasteiger partial charge in [-0.3, -0.25) is 0 Å². The summed E-state index contributed by atoms with van der Waals surface area (Å²) in [6.07, 6.45) is -4.41. The number of halogens is 3. The van der Waals surface area contributed by atoms with Gasteiger partial charge in [0.2, 0.25) is 17.8 Å². The molecule has 0 spiro atoms. The van der Waals surface area contributed by atoms with E-state index in [2.05, 4.69) is 20.3 Å². The van der Waals surface area contributed by atoms with Crippen molar-refractivity contribution in [3.05, 3.63) is 29.8 Å². The molecular weight excluding hydrogens is 285 g/mol. The number of nitrogens with zero attached hydrogens (tertiary/aromatic N) is 4. The summed E-state index contributed by atoms with van der Waals surface area (Å²) in [5.74, 6) is 0.352. The Morgan fingerprint density at radius 1 is 1.14 bits per heavy atom. The first-order chi connectivity index (χ1) is 9.75. The van der Waals surface area contributed by atoms with E-state index >= 15 is 0 Å². The van der Waals surface area contributed by atoms with Crippen LogP contribution in [0.4, 0.5) is 36.7 Å². The van der Waals surface area contributed by atoms with Crippen molar-refractivity contribution in [2.24, 2.45) is 0 Å². The summed E-state index contributed by atoms with van der Waals surface area (Å²) >= 11 is 0. The number of hydrogen-bond acceptors (Lipinski definition) is 6. The smallest absolute Gasteiger partial charge is 0.368 e. The predicted molar refractivity (Wildman–Crippen MR) is 73.3 cm³/mol. The fraction of sp³-hybridized carbons (Fsp3) is 0.250. The van der Waals surface area contributed by atoms with Crippen LogP contribution >= 0.6 is 0 Å². The molecule has 0 aliphatic heterocycles. The van der Waals surface area contributed by atoms with Gasteiger partial charge < -0.3 is 16.0 Å². The Balaban J connectivity index is 2.30. The van der Waals surface area contributed by atoms with Crippen molar-refractivity contribution in [3.63, 3.8) is 0 Å². The van der Waals surface area contributed by atoms with Crippen LogP contribution in [0.1, 0.15) is 5.56 Å². The highest BCUT2D eigenvalue weighted by molar-refractivity contribution is 5.56. The summed E-state index contributed by atoms with van der Waals surface area (Å²) in [5.41, 5.74) is 4.99. The molecule has 2 aromatic rings. The first-order valence-corrected chi connectivity index (χ1v) is 5.89. The third kappa shape index (κ3) is 3.71. The largest absolute Gasteiger partial charge is 0.416 e. The minimum atomic E-state index is -4.41. The number of aromatic nitrogens is 3. The maximum atomic E-state index is 12.6. The molecule has 0 saturated carbocycles. The van der Waals surface area contributed by atoms with Gasteiger partial charge >= 0.3 is 6.18 Å². The fourth-order valence-corrected chi connectivity index (χ4v) is 1.54. The van der Waals surface area contributed by atoms with Crippen molar-refractivity contribution in [3.8, 4) is 0 Å². The molecule has 3 N–H and O–H groups in total. The Kier molecular flexibility index (Phi) is 3.83. The van der Waals surface area contributed by atoms with Crippen molar-refractivity contribution < 1.29 is 13.2 Å². The molecule has 0 fully saturated rings. The van der Waals surface area contributed by atoms with Gasteiger partial charge in [0.25, 0.3) is 0 Å². The van der Waals surface area contributed by atoms with Crippen molar-refractivity contribution in [1.82, 2.24) is 15.0 Å². The number of benzene rings is 1. The molecule has 9 heteroatoms. The Morgan fingerprint density at radius 2 is 1.86 bits per heavy atom. The zero-order chi connectivity index (χ0) is 15.6. The highest BCUT2D eigenvalue weighted by Crippen LogP contribution is 2.31. The Hall–Kier alpha value is -2.58. The summed E-state index contributed by atoms with van der Waals surface area (Å²) in [6, 6.07) is 4.72. The van der Waals surface area contributed by atoms with E-state index in [1.54, 1.807) is 19.0 Å². The summed E-state index contributed by atoms with van der Waals surface area (Å²) in [5, 5.41) is 2.68. The van der Waals surface area contributed by atoms with Gasteiger partial charge in [-0.05, 0) is 18.2 Å². The first-order valence-electron chi connectivity index (χ1n) is 5.89. The number of anilines is 4. The van der Waals surface area contributed by atoms with E-state index in [1.165, 1.54) is 12.1 Å². The average Bonchev–Trinajstić information content (AvgIpc) is 2.37. The molecule has 0 aliphatic carbocycles. The van der Waals surface area contributed by atoms with Crippen LogP contribution in [-0.2, 0) is 6.18 Å². The SMILES string of the molecule is CN(C)c1nc(N)nc(Nc2cccc(C(F)(F)F)c2)n1. The highest BCUT2D eigenvalue weighted by atomic mass is 19.4. The molecule has 1 heterocycles. The number of nitrogens with two attached hydrogens (primary N) is 1. The van der Waals surface area contributed by atoms with Gasteiger partial charge in [-0.15, -0.1) is 0 Å². The van der Waals surface area contributed by atoms with E-state index in [0.29, 0.717) is 5.95 Å². The number of rotatable bonds is 3. The zero-order valence-electron chi connectivity index (χ0n) is 11.3. The molecule has 0 amide bonds. The van der Waals surface area contributed by atoms with Crippen LogP contribution in [0.15, 0.2) is 24.3 Å². The average molecular weight is 298 g/mol. The third-order valence-electron chi connectivity index (χ3n) is 2.49. The van der Waals surface area contributed by atoms with Gasteiger partial charge in [0.05, 0.1) is 5.56 Å². The summed E-state index contributed by atoms with van der Waals surface area (Å²) in [7, 11) is 3.42. The van der Waals surface area contributed by atoms with Gasteiger partial charge in [0.15, 0.2) is 0 Å². The minimum Gasteiger partial charge on any atom is -0.368 e. The number of alkyl halides is 3. The van der Waals surface area contributed by atoms with Gasteiger partial charge in [0, 0.05) is 19.8 Å². The van der Waals surface area contributed by atoms with Crippen molar-refractivity contribution in [2.75, 3.05) is 30.0 Å². The van der Waals surface area contributed by atoms with Crippen molar-refractivity contribution in [1.29, 1.82) is 0 Å². The van der Waals surface area contributed by atoms with E-state index < -0.39 is 11.7 Å². The molecule has 0 aliphatic rings. The molecule has 0 unspecified atom stereocenters. The van der Waals surface area contributed by atoms with Crippen LogP contribution < -0.4 is 16.0 Å². The Morgan fingerprint density at radius 3 is 2.48 bits per heavy atom. The van der Waals surface area contributed by atoms with Crippen molar-refractivity contribution in [2.45, 2.75) is 6.18 Å². The number of nitrogen functional groups attached to an aromatic ring is 1. The normalized spacial score (nSPS) is 11.3. The maximum Gasteiger partial charge on any atom is 0.416 e. The molecule has 0 radical (unpaired) electrons. The zero-order valence-corrected chi connectivity index (χ0v) is 11.3. The first kappa shape index (κ1) is 14.8. The molecule has 2 rings (SSSR count). The molecule has 0 saturated heterocycles. The second-order valence-electron chi connectivity index (χ2n) is 4.42. The molecule has 0 bridgehead atoms. The molecule has 21 heavy (non-hydrogen) atoms. The molecule has 1 aromatic heterocycles.